The Morgan fingerprint density at radius 3 is 2.58 bits per heavy atom. The fraction of sp³-hybridized carbons (Fsp3) is 0.375. The smallest absolute Gasteiger partial charge is 0.320 e. The number of nitrogens with two attached hydrogens (primary N) is 3. The molecule has 1 aliphatic heterocycles. The maximum atomic E-state index is 11.3. The first-order chi connectivity index (χ1) is 18.2. The molecular weight excluding hydrogens is 496 g/mol. The lowest BCUT2D eigenvalue weighted by Gasteiger charge is -2.26. The number of aliphatic hydroxyl groups excluding tert-OH is 2. The number of nitrogen functional groups attached to an aromatic ring is 1. The fourth-order valence-corrected chi connectivity index (χ4v) is 4.22. The number of carbonyl (C=O) groups excluding carboxylic acids is 1. The quantitative estimate of drug-likeness (QED) is 0.176. The topological polar surface area (TPSA) is 229 Å². The van der Waals surface area contributed by atoms with Crippen LogP contribution < -0.4 is 17.2 Å². The van der Waals surface area contributed by atoms with Gasteiger partial charge in [0.05, 0.1) is 6.33 Å². The van der Waals surface area contributed by atoms with E-state index in [1.54, 1.807) is 24.3 Å². The Morgan fingerprint density at radius 2 is 1.89 bits per heavy atom. The predicted molar refractivity (Wildman–Crippen MR) is 136 cm³/mol. The van der Waals surface area contributed by atoms with Crippen LogP contribution in [0.4, 0.5) is 5.82 Å². The number of imidazole rings is 1. The number of aromatic nitrogens is 4. The molecule has 202 valence electrons. The first-order valence-electron chi connectivity index (χ1n) is 11.9. The van der Waals surface area contributed by atoms with Crippen molar-refractivity contribution in [2.45, 2.75) is 37.0 Å². The molecule has 1 saturated heterocycles. The standard InChI is InChI=1S/C24H30N8O6/c25-15(24(36)37)7-9-31(8-1-2-13-3-5-14(6-4-13)21(27)35)10-16-18(33)19(34)23(38-16)32-12-30-17-20(26)28-11-29-22(17)32/h1-6,11-12,15-16,18-19,23,33-34H,7-10,25H2,(H2,27,35)(H,36,37)(H2,26,28,29)/b2-1+/t15-,16+,18+,19+,23+/m0/s1. The minimum Gasteiger partial charge on any atom is -0.480 e. The molecule has 5 atom stereocenters. The van der Waals surface area contributed by atoms with Crippen molar-refractivity contribution in [3.05, 3.63) is 54.1 Å². The minimum absolute atomic E-state index is 0.160. The summed E-state index contributed by atoms with van der Waals surface area (Å²) in [4.78, 5) is 36.6. The second kappa shape index (κ2) is 11.6. The summed E-state index contributed by atoms with van der Waals surface area (Å²) in [6.07, 6.45) is 2.22. The molecule has 0 aliphatic carbocycles. The molecule has 0 spiro atoms. The Bertz CT molecular complexity index is 1310. The molecule has 9 N–H and O–H groups in total. The molecule has 3 aromatic rings. The van der Waals surface area contributed by atoms with Crippen LogP contribution in [0.3, 0.4) is 0 Å². The lowest BCUT2D eigenvalue weighted by molar-refractivity contribution is -0.138. The number of fused-ring (bicyclic) bond motifs is 1. The Balaban J connectivity index is 1.47. The van der Waals surface area contributed by atoms with Gasteiger partial charge in [-0.05, 0) is 24.1 Å². The molecule has 14 nitrogen and oxygen atoms in total. The van der Waals surface area contributed by atoms with Gasteiger partial charge < -0.3 is 37.3 Å². The highest BCUT2D eigenvalue weighted by atomic mass is 16.6. The number of ether oxygens (including phenoxy) is 1. The lowest BCUT2D eigenvalue weighted by atomic mass is 10.1. The third-order valence-electron chi connectivity index (χ3n) is 6.38. The summed E-state index contributed by atoms with van der Waals surface area (Å²) >= 11 is 0. The van der Waals surface area contributed by atoms with Gasteiger partial charge in [0.1, 0.15) is 36.2 Å². The van der Waals surface area contributed by atoms with Crippen LogP contribution >= 0.6 is 0 Å². The van der Waals surface area contributed by atoms with Crippen molar-refractivity contribution in [3.63, 3.8) is 0 Å². The van der Waals surface area contributed by atoms with E-state index < -0.39 is 42.5 Å². The highest BCUT2D eigenvalue weighted by Crippen LogP contribution is 2.32. The van der Waals surface area contributed by atoms with Crippen molar-refractivity contribution in [2.75, 3.05) is 25.4 Å². The first-order valence-corrected chi connectivity index (χ1v) is 11.9. The molecule has 1 fully saturated rings. The number of carboxylic acid groups (broad SMARTS) is 1. The van der Waals surface area contributed by atoms with E-state index in [2.05, 4.69) is 15.0 Å². The van der Waals surface area contributed by atoms with Crippen molar-refractivity contribution in [1.82, 2.24) is 24.4 Å². The van der Waals surface area contributed by atoms with Crippen molar-refractivity contribution >= 4 is 34.9 Å². The Hall–Kier alpha value is -3.95. The van der Waals surface area contributed by atoms with E-state index in [0.29, 0.717) is 29.8 Å². The zero-order chi connectivity index (χ0) is 27.4. The number of hydrogen-bond acceptors (Lipinski definition) is 11. The molecule has 14 heteroatoms. The van der Waals surface area contributed by atoms with Crippen molar-refractivity contribution < 1.29 is 29.6 Å². The van der Waals surface area contributed by atoms with Gasteiger partial charge in [-0.1, -0.05) is 24.3 Å². The molecule has 38 heavy (non-hydrogen) atoms. The van der Waals surface area contributed by atoms with E-state index in [-0.39, 0.29) is 18.8 Å². The molecule has 4 rings (SSSR count). The van der Waals surface area contributed by atoms with E-state index in [1.807, 2.05) is 17.1 Å². The number of carbonyl (C=O) groups is 2. The summed E-state index contributed by atoms with van der Waals surface area (Å²) in [7, 11) is 0. The van der Waals surface area contributed by atoms with Crippen LogP contribution in [0.5, 0.6) is 0 Å². The van der Waals surface area contributed by atoms with Gasteiger partial charge in [0.2, 0.25) is 5.91 Å². The Morgan fingerprint density at radius 1 is 1.16 bits per heavy atom. The number of aliphatic carboxylic acids is 1. The van der Waals surface area contributed by atoms with Gasteiger partial charge in [-0.15, -0.1) is 0 Å². The molecule has 1 aliphatic rings. The zero-order valence-electron chi connectivity index (χ0n) is 20.4. The third-order valence-corrected chi connectivity index (χ3v) is 6.38. The van der Waals surface area contributed by atoms with E-state index in [4.69, 9.17) is 21.9 Å². The normalized spacial score (nSPS) is 22.4. The lowest BCUT2D eigenvalue weighted by Crippen LogP contribution is -2.42. The van der Waals surface area contributed by atoms with Crippen LogP contribution in [-0.4, -0.2) is 95.6 Å². The largest absolute Gasteiger partial charge is 0.480 e. The molecule has 1 amide bonds. The second-order valence-corrected chi connectivity index (χ2v) is 9.01. The number of primary amides is 1. The second-order valence-electron chi connectivity index (χ2n) is 9.01. The summed E-state index contributed by atoms with van der Waals surface area (Å²) in [5.41, 5.74) is 18.7. The van der Waals surface area contributed by atoms with Gasteiger partial charge in [0, 0.05) is 25.2 Å². The highest BCUT2D eigenvalue weighted by Gasteiger charge is 2.44. The molecule has 0 saturated carbocycles. The van der Waals surface area contributed by atoms with E-state index in [9.17, 15) is 24.9 Å². The predicted octanol–water partition coefficient (Wildman–Crippen LogP) is -1.06. The van der Waals surface area contributed by atoms with Gasteiger partial charge in [0.15, 0.2) is 17.7 Å². The minimum atomic E-state index is -1.28. The summed E-state index contributed by atoms with van der Waals surface area (Å²) in [5.74, 6) is -1.46. The van der Waals surface area contributed by atoms with Crippen LogP contribution in [0.25, 0.3) is 17.2 Å². The average Bonchev–Trinajstić information content (AvgIpc) is 3.44. The number of rotatable bonds is 11. The van der Waals surface area contributed by atoms with Crippen LogP contribution in [0.1, 0.15) is 28.6 Å². The van der Waals surface area contributed by atoms with Crippen molar-refractivity contribution in [1.29, 1.82) is 0 Å². The van der Waals surface area contributed by atoms with Crippen LogP contribution in [0.15, 0.2) is 43.0 Å². The monoisotopic (exact) mass is 526 g/mol. The SMILES string of the molecule is NC(=O)c1ccc(/C=C/CN(CC[C@H](N)C(=O)O)C[C@H]2O[C@@H](n3cnc4c(N)ncnc43)[C@H](O)[C@@H]2O)cc1. The summed E-state index contributed by atoms with van der Waals surface area (Å²) in [5, 5.41) is 30.7. The van der Waals surface area contributed by atoms with Gasteiger partial charge in [-0.3, -0.25) is 19.1 Å². The summed E-state index contributed by atoms with van der Waals surface area (Å²) in [6, 6.07) is 5.68. The maximum absolute atomic E-state index is 11.3. The number of hydrogen-bond donors (Lipinski definition) is 6. The van der Waals surface area contributed by atoms with Gasteiger partial charge in [0.25, 0.3) is 0 Å². The van der Waals surface area contributed by atoms with Crippen molar-refractivity contribution in [2.24, 2.45) is 11.5 Å². The zero-order valence-corrected chi connectivity index (χ0v) is 20.4. The number of benzene rings is 1. The van der Waals surface area contributed by atoms with Gasteiger partial charge >= 0.3 is 5.97 Å². The fourth-order valence-electron chi connectivity index (χ4n) is 4.22. The number of amides is 1. The van der Waals surface area contributed by atoms with Crippen LogP contribution in [0, 0.1) is 0 Å². The number of carboxylic acids is 1. The van der Waals surface area contributed by atoms with E-state index in [1.165, 1.54) is 17.2 Å². The maximum Gasteiger partial charge on any atom is 0.320 e. The molecule has 1 aromatic carbocycles. The average molecular weight is 527 g/mol. The number of aliphatic hydroxyl groups is 2. The number of anilines is 1. The summed E-state index contributed by atoms with van der Waals surface area (Å²) in [6.45, 7) is 0.842. The van der Waals surface area contributed by atoms with Gasteiger partial charge in [-0.2, -0.15) is 0 Å². The first kappa shape index (κ1) is 27.1. The molecule has 0 bridgehead atoms. The van der Waals surface area contributed by atoms with Crippen LogP contribution in [0.2, 0.25) is 0 Å². The molecule has 0 radical (unpaired) electrons. The Labute approximate surface area is 217 Å². The van der Waals surface area contributed by atoms with Crippen LogP contribution in [-0.2, 0) is 9.53 Å². The number of nitrogens with zero attached hydrogens (tertiary/aromatic N) is 5. The molecule has 3 heterocycles. The summed E-state index contributed by atoms with van der Waals surface area (Å²) < 4.78 is 7.52. The highest BCUT2D eigenvalue weighted by molar-refractivity contribution is 5.92. The Kier molecular flexibility index (Phi) is 8.29. The van der Waals surface area contributed by atoms with Crippen molar-refractivity contribution in [3.8, 4) is 0 Å². The van der Waals surface area contributed by atoms with E-state index >= 15 is 0 Å². The molecular formula is C24H30N8O6. The molecule has 0 unspecified atom stereocenters. The van der Waals surface area contributed by atoms with E-state index in [0.717, 1.165) is 5.56 Å². The third kappa shape index (κ3) is 5.95. The van der Waals surface area contributed by atoms with Gasteiger partial charge in [-0.25, -0.2) is 15.0 Å². The molecule has 2 aromatic heterocycles.